The van der Waals surface area contributed by atoms with Gasteiger partial charge in [-0.05, 0) is 13.0 Å². The molecule has 0 saturated carbocycles. The monoisotopic (exact) mass is 264 g/mol. The molecule has 0 aromatic heterocycles. The van der Waals surface area contributed by atoms with Crippen LogP contribution in [-0.4, -0.2) is 29.1 Å². The van der Waals surface area contributed by atoms with E-state index in [9.17, 15) is 14.9 Å². The maximum Gasteiger partial charge on any atom is 0.306 e. The van der Waals surface area contributed by atoms with Crippen LogP contribution in [0.15, 0.2) is 18.2 Å². The Labute approximate surface area is 110 Å². The Hall–Kier alpha value is -2.11. The molecule has 0 aliphatic carbocycles. The minimum atomic E-state index is -0.792. The van der Waals surface area contributed by atoms with Crippen molar-refractivity contribution in [3.05, 3.63) is 33.9 Å². The molecule has 0 bridgehead atoms. The highest BCUT2D eigenvalue weighted by molar-refractivity contribution is 5.71. The Balaban J connectivity index is 2.08. The molecule has 1 saturated heterocycles. The van der Waals surface area contributed by atoms with Gasteiger partial charge in [-0.3, -0.25) is 14.9 Å². The molecule has 1 unspecified atom stereocenters. The zero-order valence-electron chi connectivity index (χ0n) is 10.9. The maximum atomic E-state index is 10.9. The molecule has 6 nitrogen and oxygen atoms in total. The molecule has 1 aromatic carbocycles. The van der Waals surface area contributed by atoms with Crippen molar-refractivity contribution in [2.45, 2.75) is 13.8 Å². The van der Waals surface area contributed by atoms with Crippen molar-refractivity contribution in [1.29, 1.82) is 0 Å². The Morgan fingerprint density at radius 3 is 2.68 bits per heavy atom. The van der Waals surface area contributed by atoms with Crippen molar-refractivity contribution in [3.63, 3.8) is 0 Å². The Morgan fingerprint density at radius 2 is 2.16 bits per heavy atom. The third kappa shape index (κ3) is 2.52. The summed E-state index contributed by atoms with van der Waals surface area (Å²) in [5, 5.41) is 19.8. The van der Waals surface area contributed by atoms with Gasteiger partial charge >= 0.3 is 5.97 Å². The molecule has 0 spiro atoms. The van der Waals surface area contributed by atoms with Crippen molar-refractivity contribution in [2.24, 2.45) is 11.8 Å². The SMILES string of the molecule is Cc1ccc(N2CC(C(C)C(=O)O)C2)cc1[N+](=O)[O-]. The first-order chi connectivity index (χ1) is 8.90. The molecule has 1 heterocycles. The number of aryl methyl sites for hydroxylation is 1. The standard InChI is InChI=1S/C13H16N2O4/c1-8-3-4-11(5-12(8)15(18)19)14-6-10(7-14)9(2)13(16)17/h3-5,9-10H,6-7H2,1-2H3,(H,16,17). The number of anilines is 1. The van der Waals surface area contributed by atoms with E-state index in [1.165, 1.54) is 0 Å². The molecule has 1 aromatic rings. The molecule has 2 rings (SSSR count). The van der Waals surface area contributed by atoms with Gasteiger partial charge in [-0.15, -0.1) is 0 Å². The number of nitro groups is 1. The average Bonchev–Trinajstić information content (AvgIpc) is 2.28. The van der Waals surface area contributed by atoms with Gasteiger partial charge in [0.25, 0.3) is 5.69 Å². The smallest absolute Gasteiger partial charge is 0.306 e. The number of carbonyl (C=O) groups is 1. The maximum absolute atomic E-state index is 10.9. The molecule has 1 fully saturated rings. The average molecular weight is 264 g/mol. The Kier molecular flexibility index (Phi) is 3.42. The number of carboxylic acid groups (broad SMARTS) is 1. The number of hydrogen-bond donors (Lipinski definition) is 1. The first kappa shape index (κ1) is 13.3. The molecule has 1 aliphatic heterocycles. The minimum Gasteiger partial charge on any atom is -0.481 e. The summed E-state index contributed by atoms with van der Waals surface area (Å²) < 4.78 is 0. The first-order valence-electron chi connectivity index (χ1n) is 6.13. The lowest BCUT2D eigenvalue weighted by Crippen LogP contribution is -2.51. The fraction of sp³-hybridized carbons (Fsp3) is 0.462. The second-order valence-corrected chi connectivity index (χ2v) is 5.02. The van der Waals surface area contributed by atoms with Crippen LogP contribution in [0.3, 0.4) is 0 Å². The number of benzene rings is 1. The van der Waals surface area contributed by atoms with Crippen LogP contribution in [0, 0.1) is 28.9 Å². The van der Waals surface area contributed by atoms with Gasteiger partial charge in [-0.1, -0.05) is 13.0 Å². The van der Waals surface area contributed by atoms with Crippen LogP contribution < -0.4 is 4.90 Å². The normalized spacial score (nSPS) is 16.8. The first-order valence-corrected chi connectivity index (χ1v) is 6.13. The summed E-state index contributed by atoms with van der Waals surface area (Å²) in [6, 6.07) is 5.11. The van der Waals surface area contributed by atoms with E-state index < -0.39 is 10.9 Å². The lowest BCUT2D eigenvalue weighted by molar-refractivity contribution is -0.385. The second kappa shape index (κ2) is 4.87. The van der Waals surface area contributed by atoms with Crippen LogP contribution in [0.1, 0.15) is 12.5 Å². The quantitative estimate of drug-likeness (QED) is 0.664. The minimum absolute atomic E-state index is 0.104. The third-order valence-electron chi connectivity index (χ3n) is 3.76. The highest BCUT2D eigenvalue weighted by Crippen LogP contribution is 2.32. The summed E-state index contributed by atoms with van der Waals surface area (Å²) in [6.07, 6.45) is 0. The fourth-order valence-corrected chi connectivity index (χ4v) is 2.23. The fourth-order valence-electron chi connectivity index (χ4n) is 2.23. The molecule has 6 heteroatoms. The number of rotatable bonds is 4. The highest BCUT2D eigenvalue weighted by Gasteiger charge is 2.35. The zero-order valence-corrected chi connectivity index (χ0v) is 10.9. The van der Waals surface area contributed by atoms with Crippen LogP contribution in [0.25, 0.3) is 0 Å². The predicted octanol–water partition coefficient (Wildman–Crippen LogP) is 2.06. The predicted molar refractivity (Wildman–Crippen MR) is 70.3 cm³/mol. The van der Waals surface area contributed by atoms with Gasteiger partial charge in [0.05, 0.1) is 10.8 Å². The lowest BCUT2D eigenvalue weighted by atomic mass is 9.86. The zero-order chi connectivity index (χ0) is 14.2. The topological polar surface area (TPSA) is 83.7 Å². The van der Waals surface area contributed by atoms with Crippen molar-refractivity contribution in [2.75, 3.05) is 18.0 Å². The van der Waals surface area contributed by atoms with Gasteiger partial charge in [0.1, 0.15) is 0 Å². The van der Waals surface area contributed by atoms with E-state index in [1.54, 1.807) is 26.0 Å². The van der Waals surface area contributed by atoms with Crippen LogP contribution in [-0.2, 0) is 4.79 Å². The second-order valence-electron chi connectivity index (χ2n) is 5.02. The van der Waals surface area contributed by atoms with Crippen LogP contribution >= 0.6 is 0 Å². The molecule has 19 heavy (non-hydrogen) atoms. The molecule has 1 atom stereocenters. The number of aliphatic carboxylic acids is 1. The number of hydrogen-bond acceptors (Lipinski definition) is 4. The summed E-state index contributed by atoms with van der Waals surface area (Å²) >= 11 is 0. The molecular weight excluding hydrogens is 248 g/mol. The summed E-state index contributed by atoms with van der Waals surface area (Å²) in [6.45, 7) is 4.66. The van der Waals surface area contributed by atoms with Gasteiger partial charge in [-0.2, -0.15) is 0 Å². The van der Waals surface area contributed by atoms with Gasteiger partial charge in [-0.25, -0.2) is 0 Å². The Morgan fingerprint density at radius 1 is 1.53 bits per heavy atom. The molecule has 0 amide bonds. The van der Waals surface area contributed by atoms with E-state index in [0.717, 1.165) is 5.69 Å². The third-order valence-corrected chi connectivity index (χ3v) is 3.76. The summed E-state index contributed by atoms with van der Waals surface area (Å²) in [5.41, 5.74) is 1.52. The number of nitro benzene ring substituents is 1. The largest absolute Gasteiger partial charge is 0.481 e. The van der Waals surface area contributed by atoms with Crippen molar-refractivity contribution in [1.82, 2.24) is 0 Å². The van der Waals surface area contributed by atoms with E-state index in [-0.39, 0.29) is 17.5 Å². The van der Waals surface area contributed by atoms with E-state index in [0.29, 0.717) is 18.7 Å². The van der Waals surface area contributed by atoms with Gasteiger partial charge in [0.2, 0.25) is 0 Å². The van der Waals surface area contributed by atoms with Gasteiger partial charge < -0.3 is 10.0 Å². The van der Waals surface area contributed by atoms with Crippen LogP contribution in [0.4, 0.5) is 11.4 Å². The van der Waals surface area contributed by atoms with Crippen molar-refractivity contribution >= 4 is 17.3 Å². The van der Waals surface area contributed by atoms with Crippen molar-refractivity contribution in [3.8, 4) is 0 Å². The molecule has 1 N–H and O–H groups in total. The van der Waals surface area contributed by atoms with Gasteiger partial charge in [0, 0.05) is 36.3 Å². The molecule has 102 valence electrons. The van der Waals surface area contributed by atoms with Crippen LogP contribution in [0.2, 0.25) is 0 Å². The molecular formula is C13H16N2O4. The Bertz CT molecular complexity index is 523. The van der Waals surface area contributed by atoms with E-state index >= 15 is 0 Å². The van der Waals surface area contributed by atoms with Gasteiger partial charge in [0.15, 0.2) is 0 Å². The lowest BCUT2D eigenvalue weighted by Gasteiger charge is -2.42. The van der Waals surface area contributed by atoms with E-state index in [1.807, 2.05) is 11.0 Å². The number of nitrogens with zero attached hydrogens (tertiary/aromatic N) is 2. The molecule has 1 aliphatic rings. The highest BCUT2D eigenvalue weighted by atomic mass is 16.6. The summed E-state index contributed by atoms with van der Waals surface area (Å²) in [7, 11) is 0. The summed E-state index contributed by atoms with van der Waals surface area (Å²) in [4.78, 5) is 23.3. The van der Waals surface area contributed by atoms with E-state index in [2.05, 4.69) is 0 Å². The van der Waals surface area contributed by atoms with Crippen molar-refractivity contribution < 1.29 is 14.8 Å². The van der Waals surface area contributed by atoms with Crippen LogP contribution in [0.5, 0.6) is 0 Å². The van der Waals surface area contributed by atoms with E-state index in [4.69, 9.17) is 5.11 Å². The molecule has 0 radical (unpaired) electrons. The number of carboxylic acids is 1. The summed E-state index contributed by atoms with van der Waals surface area (Å²) in [5.74, 6) is -1.06.